The molecule has 111 heavy (non-hydrogen) atoms. The molecule has 10 aromatic carbocycles. The standard InChI is InChI=1S/C50H32N6.C49H32FN5/c1-51-43-26-23-37(24-27-43)42-30-48(44-14-8-9-29-52-44)54-49(31-42)45-28-25-41(33-53-45)36-17-15-34(16-18-36)35-19-21-40(22-20-35)50-55-46(38-10-4-2-5-11-38)32-47(56-50)39-12-6-3-7-13-39;50-42-25-22-36(23-26-42)41-29-47(43-13-7-8-28-51-43)53-48(30-41)44-27-24-40(32-52-44)35-16-14-33(15-17-35)34-18-20-39(21-19-34)49-54-45(37-9-3-1-4-10-37)31-46(55-49)38-11-5-2-6-12-38/h2-33H;1-32H. The monoisotopic (exact) mass is 1430 g/mol. The summed E-state index contributed by atoms with van der Waals surface area (Å²) in [6.45, 7) is 7.32. The van der Waals surface area contributed by atoms with E-state index in [1.54, 1.807) is 24.5 Å². The minimum atomic E-state index is -0.278. The Hall–Kier alpha value is -15.3. The summed E-state index contributed by atoms with van der Waals surface area (Å²) in [4.78, 5) is 52.1. The van der Waals surface area contributed by atoms with Gasteiger partial charge in [0.1, 0.15) is 5.82 Å². The van der Waals surface area contributed by atoms with Gasteiger partial charge in [-0.1, -0.05) is 279 Å². The van der Waals surface area contributed by atoms with E-state index >= 15 is 0 Å². The number of nitrogens with zero attached hydrogens (tertiary/aromatic N) is 11. The Morgan fingerprint density at radius 1 is 0.189 bits per heavy atom. The molecule has 0 saturated heterocycles. The van der Waals surface area contributed by atoms with Crippen molar-refractivity contribution in [2.75, 3.05) is 0 Å². The number of hydrogen-bond acceptors (Lipinski definition) is 10. The van der Waals surface area contributed by atoms with Crippen LogP contribution in [0.25, 0.3) is 185 Å². The molecule has 0 spiro atoms. The Bertz CT molecular complexity index is 6170. The number of benzene rings is 10. The number of pyridine rings is 6. The molecule has 0 fully saturated rings. The van der Waals surface area contributed by atoms with Crippen molar-refractivity contribution in [2.24, 2.45) is 0 Å². The topological polar surface area (TPSA) is 133 Å². The van der Waals surface area contributed by atoms with Crippen LogP contribution in [0.1, 0.15) is 0 Å². The molecule has 0 aliphatic carbocycles. The van der Waals surface area contributed by atoms with Gasteiger partial charge >= 0.3 is 0 Å². The fraction of sp³-hybridized carbons (Fsp3) is 0. The second-order valence-electron chi connectivity index (χ2n) is 26.4. The Morgan fingerprint density at radius 2 is 0.450 bits per heavy atom. The van der Waals surface area contributed by atoms with E-state index in [2.05, 4.69) is 185 Å². The lowest BCUT2D eigenvalue weighted by Gasteiger charge is -2.11. The summed E-state index contributed by atoms with van der Waals surface area (Å²) in [6.07, 6.45) is 7.28. The average Bonchev–Trinajstić information content (AvgIpc) is 0.810. The zero-order chi connectivity index (χ0) is 74.7. The van der Waals surface area contributed by atoms with E-state index < -0.39 is 0 Å². The predicted octanol–water partition coefficient (Wildman–Crippen LogP) is 24.7. The van der Waals surface area contributed by atoms with Gasteiger partial charge in [-0.3, -0.25) is 19.9 Å². The fourth-order valence-electron chi connectivity index (χ4n) is 13.3. The largest absolute Gasteiger partial charge is 0.255 e. The van der Waals surface area contributed by atoms with Crippen LogP contribution < -0.4 is 0 Å². The first-order chi connectivity index (χ1) is 54.8. The lowest BCUT2D eigenvalue weighted by Crippen LogP contribution is -1.95. The van der Waals surface area contributed by atoms with E-state index in [1.165, 1.54) is 12.1 Å². The van der Waals surface area contributed by atoms with Crippen LogP contribution in [0.3, 0.4) is 0 Å². The van der Waals surface area contributed by atoms with Crippen molar-refractivity contribution in [3.63, 3.8) is 0 Å². The van der Waals surface area contributed by atoms with Gasteiger partial charge in [-0.15, -0.1) is 0 Å². The van der Waals surface area contributed by atoms with Crippen LogP contribution in [-0.4, -0.2) is 49.8 Å². The normalized spacial score (nSPS) is 10.9. The van der Waals surface area contributed by atoms with Gasteiger partial charge in [0, 0.05) is 69.3 Å². The summed E-state index contributed by atoms with van der Waals surface area (Å²) >= 11 is 0. The van der Waals surface area contributed by atoms with Crippen LogP contribution in [0.4, 0.5) is 10.1 Å². The molecule has 0 aliphatic rings. The number of rotatable bonds is 16. The quantitative estimate of drug-likeness (QED) is 0.0861. The summed E-state index contributed by atoms with van der Waals surface area (Å²) in [7, 11) is 0. The zero-order valence-corrected chi connectivity index (χ0v) is 59.7. The van der Waals surface area contributed by atoms with Crippen molar-refractivity contribution in [3.05, 3.63) is 406 Å². The minimum Gasteiger partial charge on any atom is -0.255 e. The van der Waals surface area contributed by atoms with Crippen molar-refractivity contribution < 1.29 is 4.39 Å². The maximum Gasteiger partial charge on any atom is 0.187 e. The third-order valence-electron chi connectivity index (χ3n) is 19.2. The molecule has 0 saturated carbocycles. The third kappa shape index (κ3) is 15.8. The van der Waals surface area contributed by atoms with Crippen molar-refractivity contribution >= 4 is 5.69 Å². The molecule has 0 atom stereocenters. The Balaban J connectivity index is 0.000000161. The summed E-state index contributed by atoms with van der Waals surface area (Å²) in [5.41, 5.74) is 28.5. The van der Waals surface area contributed by atoms with Gasteiger partial charge < -0.3 is 0 Å². The van der Waals surface area contributed by atoms with Crippen LogP contribution in [-0.2, 0) is 0 Å². The molecule has 0 N–H and O–H groups in total. The molecule has 18 rings (SSSR count). The molecular weight excluding hydrogens is 1360 g/mol. The summed E-state index contributed by atoms with van der Waals surface area (Å²) in [5, 5.41) is 0. The Morgan fingerprint density at radius 3 is 0.739 bits per heavy atom. The lowest BCUT2D eigenvalue weighted by molar-refractivity contribution is 0.628. The van der Waals surface area contributed by atoms with Crippen LogP contribution in [0, 0.1) is 12.4 Å². The van der Waals surface area contributed by atoms with Crippen LogP contribution in [0.15, 0.2) is 389 Å². The first-order valence-corrected chi connectivity index (χ1v) is 36.3. The SMILES string of the molecule is Fc1ccc(-c2cc(-c3ccccn3)nc(-c3ccc(-c4ccc(-c5ccc(-c6nc(-c7ccccc7)cc(-c7ccccc7)n6)cc5)cc4)cn3)c2)cc1.[C-]#[N+]c1ccc(-c2cc(-c3ccccn3)nc(-c3ccc(-c4ccc(-c5ccc(-c6nc(-c7ccccc7)cc(-c7ccccc7)n6)cc5)cc4)cn3)c2)cc1. The molecule has 0 aliphatic heterocycles. The highest BCUT2D eigenvalue weighted by molar-refractivity contribution is 5.82. The molecule has 0 amide bonds. The van der Waals surface area contributed by atoms with E-state index in [9.17, 15) is 4.39 Å². The predicted molar refractivity (Wildman–Crippen MR) is 444 cm³/mol. The van der Waals surface area contributed by atoms with Crippen molar-refractivity contribution in [1.82, 2.24) is 49.8 Å². The maximum atomic E-state index is 13.7. The molecule has 0 radical (unpaired) electrons. The minimum absolute atomic E-state index is 0.278. The molecule has 0 bridgehead atoms. The smallest absolute Gasteiger partial charge is 0.187 e. The fourth-order valence-corrected chi connectivity index (χ4v) is 13.3. The highest BCUT2D eigenvalue weighted by Crippen LogP contribution is 2.37. The average molecular weight is 1430 g/mol. The van der Waals surface area contributed by atoms with Gasteiger partial charge in [0.2, 0.25) is 0 Å². The molecule has 18 aromatic rings. The number of hydrogen-bond donors (Lipinski definition) is 0. The highest BCUT2D eigenvalue weighted by atomic mass is 19.1. The van der Waals surface area contributed by atoms with Gasteiger partial charge in [-0.2, -0.15) is 0 Å². The summed E-state index contributed by atoms with van der Waals surface area (Å²) < 4.78 is 13.7. The molecule has 12 heteroatoms. The molecule has 8 aromatic heterocycles. The van der Waals surface area contributed by atoms with Crippen molar-refractivity contribution in [2.45, 2.75) is 0 Å². The Kier molecular flexibility index (Phi) is 19.7. The molecule has 8 heterocycles. The maximum absolute atomic E-state index is 13.7. The van der Waals surface area contributed by atoms with Crippen LogP contribution in [0.5, 0.6) is 0 Å². The first-order valence-electron chi connectivity index (χ1n) is 36.3. The van der Waals surface area contributed by atoms with Crippen LogP contribution >= 0.6 is 0 Å². The summed E-state index contributed by atoms with van der Waals surface area (Å²) in [5.74, 6) is 1.09. The molecule has 522 valence electrons. The van der Waals surface area contributed by atoms with Gasteiger partial charge in [0.15, 0.2) is 17.3 Å². The van der Waals surface area contributed by atoms with E-state index in [0.29, 0.717) is 23.0 Å². The van der Waals surface area contributed by atoms with Crippen molar-refractivity contribution in [3.8, 4) is 180 Å². The number of halogens is 1. The number of aromatic nitrogens is 10. The van der Waals surface area contributed by atoms with E-state index in [0.717, 1.165) is 163 Å². The van der Waals surface area contributed by atoms with E-state index in [1.807, 2.05) is 182 Å². The lowest BCUT2D eigenvalue weighted by atomic mass is 9.99. The van der Waals surface area contributed by atoms with Gasteiger partial charge in [-0.05, 0) is 141 Å². The Labute approximate surface area is 642 Å². The van der Waals surface area contributed by atoms with E-state index in [4.69, 9.17) is 46.4 Å². The second kappa shape index (κ2) is 31.8. The second-order valence-corrected chi connectivity index (χ2v) is 26.4. The summed E-state index contributed by atoms with van der Waals surface area (Å²) in [6, 6.07) is 121. The first kappa shape index (κ1) is 68.8. The van der Waals surface area contributed by atoms with Gasteiger partial charge in [-0.25, -0.2) is 39.1 Å². The molecule has 11 nitrogen and oxygen atoms in total. The third-order valence-corrected chi connectivity index (χ3v) is 19.2. The van der Waals surface area contributed by atoms with Crippen LogP contribution in [0.2, 0.25) is 0 Å². The van der Waals surface area contributed by atoms with Crippen molar-refractivity contribution in [1.29, 1.82) is 0 Å². The van der Waals surface area contributed by atoms with E-state index in [-0.39, 0.29) is 5.82 Å². The molecular formula is C99H64FN11. The van der Waals surface area contributed by atoms with Gasteiger partial charge in [0.05, 0.1) is 74.9 Å². The highest BCUT2D eigenvalue weighted by Gasteiger charge is 2.18. The zero-order valence-electron chi connectivity index (χ0n) is 59.7. The van der Waals surface area contributed by atoms with Gasteiger partial charge in [0.25, 0.3) is 0 Å². The molecule has 0 unspecified atom stereocenters.